The second-order valence-electron chi connectivity index (χ2n) is 8.15. The Morgan fingerprint density at radius 2 is 1.81 bits per heavy atom. The molecule has 0 radical (unpaired) electrons. The van der Waals surface area contributed by atoms with Crippen LogP contribution in [0.2, 0.25) is 0 Å². The Kier molecular flexibility index (Phi) is 5.79. The molecule has 0 spiro atoms. The van der Waals surface area contributed by atoms with Gasteiger partial charge in [-0.3, -0.25) is 14.5 Å². The Morgan fingerprint density at radius 1 is 1.00 bits per heavy atom. The molecule has 0 bridgehead atoms. The maximum Gasteiger partial charge on any atom is 0.297 e. The number of amides is 1. The zero-order valence-electron chi connectivity index (χ0n) is 19.1. The molecule has 0 saturated heterocycles. The summed E-state index contributed by atoms with van der Waals surface area (Å²) in [5.41, 5.74) is 2.31. The molecule has 1 aliphatic rings. The number of carbonyl (C=O) groups excluding carboxylic acids is 1. The van der Waals surface area contributed by atoms with Crippen LogP contribution in [-0.4, -0.2) is 23.2 Å². The summed E-state index contributed by atoms with van der Waals surface area (Å²) >= 11 is 2.86. The average Bonchev–Trinajstić information content (AvgIpc) is 3.50. The van der Waals surface area contributed by atoms with Gasteiger partial charge in [0.15, 0.2) is 9.77 Å². The van der Waals surface area contributed by atoms with Gasteiger partial charge in [-0.2, -0.15) is 0 Å². The summed E-state index contributed by atoms with van der Waals surface area (Å²) in [6.45, 7) is 0. The number of ether oxygens (including phenoxy) is 1. The third kappa shape index (κ3) is 3.86. The highest BCUT2D eigenvalue weighted by Gasteiger charge is 2.45. The molecule has 0 aliphatic carbocycles. The van der Waals surface area contributed by atoms with Gasteiger partial charge in [0.25, 0.3) is 5.91 Å². The molecule has 6 rings (SSSR count). The molecule has 36 heavy (non-hydrogen) atoms. The molecule has 1 aliphatic heterocycles. The Balaban J connectivity index is 1.45. The van der Waals surface area contributed by atoms with E-state index in [1.807, 2.05) is 42.5 Å². The van der Waals surface area contributed by atoms with Gasteiger partial charge >= 0.3 is 0 Å². The van der Waals surface area contributed by atoms with Crippen LogP contribution < -0.4 is 15.1 Å². The van der Waals surface area contributed by atoms with E-state index in [9.17, 15) is 9.59 Å². The number of para-hydroxylation sites is 1. The second-order valence-corrected chi connectivity index (χ2v) is 10.3. The molecule has 1 atom stereocenters. The van der Waals surface area contributed by atoms with Crippen molar-refractivity contribution in [1.82, 2.24) is 10.2 Å². The number of benzene rings is 3. The summed E-state index contributed by atoms with van der Waals surface area (Å²) in [4.78, 5) is 28.9. The molecule has 9 heteroatoms. The fraction of sp³-hybridized carbons (Fsp3) is 0.111. The molecule has 178 valence electrons. The minimum Gasteiger partial charge on any atom is -0.497 e. The lowest BCUT2D eigenvalue weighted by Gasteiger charge is -2.22. The van der Waals surface area contributed by atoms with Crippen LogP contribution in [0.3, 0.4) is 0 Å². The third-order valence-electron chi connectivity index (χ3n) is 5.99. The van der Waals surface area contributed by atoms with Crippen molar-refractivity contribution in [3.63, 3.8) is 0 Å². The average molecular weight is 514 g/mol. The molecular weight excluding hydrogens is 494 g/mol. The Hall–Kier alpha value is -3.95. The van der Waals surface area contributed by atoms with Crippen LogP contribution >= 0.6 is 23.1 Å². The quantitative estimate of drug-likeness (QED) is 0.213. The van der Waals surface area contributed by atoms with E-state index in [0.29, 0.717) is 27.4 Å². The van der Waals surface area contributed by atoms with E-state index >= 15 is 0 Å². The second kappa shape index (κ2) is 9.25. The van der Waals surface area contributed by atoms with E-state index in [1.165, 1.54) is 21.8 Å². The van der Waals surface area contributed by atoms with Crippen LogP contribution in [-0.2, 0) is 5.75 Å². The minimum absolute atomic E-state index is 0.0280. The minimum atomic E-state index is -0.719. The van der Waals surface area contributed by atoms with E-state index in [-0.39, 0.29) is 11.2 Å². The Bertz CT molecular complexity index is 1650. The van der Waals surface area contributed by atoms with Crippen molar-refractivity contribution in [2.75, 3.05) is 12.0 Å². The number of anilines is 1. The number of methoxy groups -OCH3 is 1. The molecule has 0 N–H and O–H groups in total. The van der Waals surface area contributed by atoms with Gasteiger partial charge < -0.3 is 9.15 Å². The molecule has 3 heterocycles. The van der Waals surface area contributed by atoms with Gasteiger partial charge in [0.05, 0.1) is 24.1 Å². The predicted octanol–water partition coefficient (Wildman–Crippen LogP) is 5.70. The maximum absolute atomic E-state index is 13.7. The van der Waals surface area contributed by atoms with Gasteiger partial charge in [-0.15, -0.1) is 10.2 Å². The van der Waals surface area contributed by atoms with Crippen molar-refractivity contribution in [2.45, 2.75) is 16.1 Å². The summed E-state index contributed by atoms with van der Waals surface area (Å²) in [7, 11) is 1.58. The Morgan fingerprint density at radius 3 is 2.64 bits per heavy atom. The SMILES string of the molecule is COc1cccc(C2c3c(oc4ccccc4c3=O)C(=O)N2c2nnc(SCc3ccccc3)s2)c1. The number of thioether (sulfide) groups is 1. The first-order valence-corrected chi connectivity index (χ1v) is 13.0. The monoisotopic (exact) mass is 513 g/mol. The van der Waals surface area contributed by atoms with Crippen molar-refractivity contribution in [2.24, 2.45) is 0 Å². The molecule has 1 amide bonds. The molecule has 3 aromatic carbocycles. The number of hydrogen-bond acceptors (Lipinski definition) is 8. The molecule has 0 saturated carbocycles. The maximum atomic E-state index is 13.7. The number of rotatable bonds is 6. The van der Waals surface area contributed by atoms with Gasteiger partial charge in [0.2, 0.25) is 10.9 Å². The van der Waals surface area contributed by atoms with E-state index in [0.717, 1.165) is 15.7 Å². The number of fused-ring (bicyclic) bond motifs is 2. The van der Waals surface area contributed by atoms with Crippen molar-refractivity contribution in [1.29, 1.82) is 0 Å². The predicted molar refractivity (Wildman–Crippen MR) is 140 cm³/mol. The van der Waals surface area contributed by atoms with Crippen LogP contribution in [0.15, 0.2) is 92.4 Å². The first-order chi connectivity index (χ1) is 17.6. The van der Waals surface area contributed by atoms with E-state index in [2.05, 4.69) is 22.3 Å². The molecule has 7 nitrogen and oxygen atoms in total. The highest BCUT2D eigenvalue weighted by Crippen LogP contribution is 2.43. The summed E-state index contributed by atoms with van der Waals surface area (Å²) in [6, 6.07) is 23.6. The lowest BCUT2D eigenvalue weighted by Crippen LogP contribution is -2.29. The fourth-order valence-electron chi connectivity index (χ4n) is 4.32. The van der Waals surface area contributed by atoms with Crippen LogP contribution in [0.25, 0.3) is 11.0 Å². The topological polar surface area (TPSA) is 85.5 Å². The standard InChI is InChI=1S/C27H19N3O4S2/c1-33-18-11-7-10-17(14-18)22-21-23(31)19-12-5-6-13-20(19)34-24(21)25(32)30(22)26-28-29-27(36-26)35-15-16-8-3-2-4-9-16/h2-14,22H,15H2,1H3. The summed E-state index contributed by atoms with van der Waals surface area (Å²) < 4.78 is 12.1. The number of nitrogens with zero attached hydrogens (tertiary/aromatic N) is 3. The van der Waals surface area contributed by atoms with E-state index < -0.39 is 11.9 Å². The highest BCUT2D eigenvalue weighted by molar-refractivity contribution is 8.00. The molecule has 1 unspecified atom stereocenters. The van der Waals surface area contributed by atoms with Crippen molar-refractivity contribution >= 4 is 45.1 Å². The van der Waals surface area contributed by atoms with Crippen molar-refractivity contribution in [3.05, 3.63) is 112 Å². The Labute approximate surface area is 214 Å². The number of hydrogen-bond donors (Lipinski definition) is 0. The van der Waals surface area contributed by atoms with Crippen LogP contribution in [0.1, 0.15) is 33.3 Å². The van der Waals surface area contributed by atoms with Gasteiger partial charge in [0.1, 0.15) is 11.3 Å². The smallest absolute Gasteiger partial charge is 0.297 e. The van der Waals surface area contributed by atoms with Crippen molar-refractivity contribution < 1.29 is 13.9 Å². The summed E-state index contributed by atoms with van der Waals surface area (Å²) in [5, 5.41) is 9.48. The lowest BCUT2D eigenvalue weighted by molar-refractivity contribution is 0.0970. The zero-order chi connectivity index (χ0) is 24.6. The number of aromatic nitrogens is 2. The molecule has 2 aromatic heterocycles. The summed E-state index contributed by atoms with van der Waals surface area (Å²) in [6.07, 6.45) is 0. The van der Waals surface area contributed by atoms with Crippen molar-refractivity contribution in [3.8, 4) is 5.75 Å². The zero-order valence-corrected chi connectivity index (χ0v) is 20.7. The molecule has 5 aromatic rings. The van der Waals surface area contributed by atoms with Gasteiger partial charge in [0, 0.05) is 5.75 Å². The lowest BCUT2D eigenvalue weighted by atomic mass is 9.98. The first kappa shape index (κ1) is 22.5. The normalized spacial score (nSPS) is 14.9. The van der Waals surface area contributed by atoms with E-state index in [1.54, 1.807) is 43.1 Å². The summed E-state index contributed by atoms with van der Waals surface area (Å²) in [5.74, 6) is 0.959. The van der Waals surface area contributed by atoms with E-state index in [4.69, 9.17) is 9.15 Å². The van der Waals surface area contributed by atoms with Crippen LogP contribution in [0.5, 0.6) is 5.75 Å². The highest BCUT2D eigenvalue weighted by atomic mass is 32.2. The first-order valence-electron chi connectivity index (χ1n) is 11.2. The van der Waals surface area contributed by atoms with Crippen LogP contribution in [0, 0.1) is 0 Å². The molecule has 0 fully saturated rings. The van der Waals surface area contributed by atoms with Gasteiger partial charge in [-0.25, -0.2) is 0 Å². The number of carbonyl (C=O) groups is 1. The van der Waals surface area contributed by atoms with Gasteiger partial charge in [-0.1, -0.05) is 77.7 Å². The third-order valence-corrected chi connectivity index (χ3v) is 8.12. The fourth-order valence-corrected chi connectivity index (χ4v) is 6.14. The largest absolute Gasteiger partial charge is 0.497 e. The van der Waals surface area contributed by atoms with Gasteiger partial charge in [-0.05, 0) is 35.4 Å². The van der Waals surface area contributed by atoms with Crippen LogP contribution in [0.4, 0.5) is 5.13 Å². The molecular formula is C27H19N3O4S2.